The molecule has 1 amide bonds. The Kier molecular flexibility index (Phi) is 5.49. The van der Waals surface area contributed by atoms with Crippen molar-refractivity contribution in [2.24, 2.45) is 0 Å². The number of ketones is 1. The van der Waals surface area contributed by atoms with Crippen LogP contribution in [0.2, 0.25) is 0 Å². The number of piperazine rings is 1. The van der Waals surface area contributed by atoms with Crippen LogP contribution in [0.3, 0.4) is 0 Å². The lowest BCUT2D eigenvalue weighted by Gasteiger charge is -2.31. The first-order chi connectivity index (χ1) is 10.5. The lowest BCUT2D eigenvalue weighted by molar-refractivity contribution is -0.132. The highest BCUT2D eigenvalue weighted by Crippen LogP contribution is 2.19. The molecule has 1 aliphatic rings. The van der Waals surface area contributed by atoms with Gasteiger partial charge in [0.15, 0.2) is 17.3 Å². The van der Waals surface area contributed by atoms with Gasteiger partial charge in [-0.3, -0.25) is 9.59 Å². The number of ether oxygens (including phenoxy) is 1. The van der Waals surface area contributed by atoms with Crippen LogP contribution in [0.5, 0.6) is 5.75 Å². The van der Waals surface area contributed by atoms with E-state index >= 15 is 0 Å². The molecule has 2 rings (SSSR count). The smallest absolute Gasteiger partial charge is 0.223 e. The Morgan fingerprint density at radius 3 is 2.82 bits per heavy atom. The molecule has 22 heavy (non-hydrogen) atoms. The van der Waals surface area contributed by atoms with Crippen molar-refractivity contribution < 1.29 is 18.7 Å². The molecule has 1 atom stereocenters. The van der Waals surface area contributed by atoms with E-state index in [2.05, 4.69) is 5.32 Å². The molecule has 0 aromatic heterocycles. The first-order valence-corrected chi connectivity index (χ1v) is 7.39. The van der Waals surface area contributed by atoms with Gasteiger partial charge in [-0.05, 0) is 25.1 Å². The minimum absolute atomic E-state index is 0.0318. The number of carbonyl (C=O) groups excluding carboxylic acids is 2. The van der Waals surface area contributed by atoms with Crippen molar-refractivity contribution in [1.29, 1.82) is 0 Å². The predicted molar refractivity (Wildman–Crippen MR) is 80.6 cm³/mol. The summed E-state index contributed by atoms with van der Waals surface area (Å²) in [5.74, 6) is -0.744. The van der Waals surface area contributed by atoms with Gasteiger partial charge in [-0.15, -0.1) is 0 Å². The number of amides is 1. The summed E-state index contributed by atoms with van der Waals surface area (Å²) in [6, 6.07) is 4.35. The van der Waals surface area contributed by atoms with Gasteiger partial charge in [0.2, 0.25) is 5.91 Å². The van der Waals surface area contributed by atoms with E-state index in [1.54, 1.807) is 4.90 Å². The van der Waals surface area contributed by atoms with Crippen LogP contribution in [0.15, 0.2) is 18.2 Å². The minimum Gasteiger partial charge on any atom is -0.494 e. The molecule has 5 nitrogen and oxygen atoms in total. The van der Waals surface area contributed by atoms with Crippen molar-refractivity contribution in [2.75, 3.05) is 26.7 Å². The summed E-state index contributed by atoms with van der Waals surface area (Å²) in [7, 11) is 1.37. The van der Waals surface area contributed by atoms with E-state index in [0.717, 1.165) is 12.6 Å². The van der Waals surface area contributed by atoms with Gasteiger partial charge >= 0.3 is 0 Å². The fourth-order valence-corrected chi connectivity index (χ4v) is 2.52. The summed E-state index contributed by atoms with van der Waals surface area (Å²) < 4.78 is 18.4. The molecule has 1 saturated heterocycles. The third kappa shape index (κ3) is 4.04. The lowest BCUT2D eigenvalue weighted by atomic mass is 10.1. The minimum atomic E-state index is -0.574. The highest BCUT2D eigenvalue weighted by molar-refractivity contribution is 5.98. The van der Waals surface area contributed by atoms with Gasteiger partial charge < -0.3 is 15.0 Å². The van der Waals surface area contributed by atoms with Gasteiger partial charge in [0.05, 0.1) is 7.11 Å². The van der Waals surface area contributed by atoms with Crippen molar-refractivity contribution in [1.82, 2.24) is 10.2 Å². The van der Waals surface area contributed by atoms with Gasteiger partial charge in [-0.2, -0.15) is 0 Å². The molecule has 0 spiro atoms. The Morgan fingerprint density at radius 1 is 1.41 bits per heavy atom. The summed E-state index contributed by atoms with van der Waals surface area (Å²) in [4.78, 5) is 25.9. The van der Waals surface area contributed by atoms with Crippen LogP contribution >= 0.6 is 0 Å². The summed E-state index contributed by atoms with van der Waals surface area (Å²) >= 11 is 0. The van der Waals surface area contributed by atoms with E-state index in [0.29, 0.717) is 13.1 Å². The summed E-state index contributed by atoms with van der Waals surface area (Å²) in [5, 5.41) is 3.26. The van der Waals surface area contributed by atoms with Crippen LogP contribution in [-0.4, -0.2) is 49.4 Å². The van der Waals surface area contributed by atoms with Crippen molar-refractivity contribution >= 4 is 11.7 Å². The standard InChI is InChI=1S/C16H21FN2O3/c1-11-10-19(8-7-18-11)16(21)6-4-14(20)12-3-5-15(22-2)13(17)9-12/h3,5,9,11,18H,4,6-8,10H2,1-2H3. The molecule has 120 valence electrons. The zero-order chi connectivity index (χ0) is 16.1. The molecule has 1 fully saturated rings. The monoisotopic (exact) mass is 308 g/mol. The van der Waals surface area contributed by atoms with E-state index in [9.17, 15) is 14.0 Å². The molecular formula is C16H21FN2O3. The number of nitrogens with zero attached hydrogens (tertiary/aromatic N) is 1. The Morgan fingerprint density at radius 2 is 2.18 bits per heavy atom. The highest BCUT2D eigenvalue weighted by atomic mass is 19.1. The Bertz CT molecular complexity index is 562. The second-order valence-corrected chi connectivity index (χ2v) is 5.47. The first kappa shape index (κ1) is 16.4. The second kappa shape index (κ2) is 7.35. The maximum atomic E-state index is 13.6. The Balaban J connectivity index is 1.89. The molecule has 1 unspecified atom stereocenters. The normalized spacial score (nSPS) is 18.1. The summed E-state index contributed by atoms with van der Waals surface area (Å²) in [6.07, 6.45) is 0.238. The van der Waals surface area contributed by atoms with Gasteiger partial charge in [0.25, 0.3) is 0 Å². The maximum absolute atomic E-state index is 13.6. The van der Waals surface area contributed by atoms with Crippen LogP contribution in [0.1, 0.15) is 30.1 Å². The van der Waals surface area contributed by atoms with Crippen LogP contribution in [0.4, 0.5) is 4.39 Å². The van der Waals surface area contributed by atoms with E-state index in [-0.39, 0.29) is 41.9 Å². The van der Waals surface area contributed by atoms with E-state index in [4.69, 9.17) is 4.74 Å². The average Bonchev–Trinajstić information content (AvgIpc) is 2.52. The van der Waals surface area contributed by atoms with E-state index in [1.165, 1.54) is 19.2 Å². The maximum Gasteiger partial charge on any atom is 0.223 e. The quantitative estimate of drug-likeness (QED) is 0.840. The van der Waals surface area contributed by atoms with Crippen molar-refractivity contribution in [3.05, 3.63) is 29.6 Å². The van der Waals surface area contributed by atoms with Crippen LogP contribution in [0.25, 0.3) is 0 Å². The molecular weight excluding hydrogens is 287 g/mol. The zero-order valence-corrected chi connectivity index (χ0v) is 12.9. The number of rotatable bonds is 5. The van der Waals surface area contributed by atoms with Gasteiger partial charge in [-0.25, -0.2) is 4.39 Å². The molecule has 1 aliphatic heterocycles. The summed E-state index contributed by atoms with van der Waals surface area (Å²) in [5.41, 5.74) is 0.264. The van der Waals surface area contributed by atoms with Crippen molar-refractivity contribution in [3.8, 4) is 5.75 Å². The lowest BCUT2D eigenvalue weighted by Crippen LogP contribution is -2.51. The largest absolute Gasteiger partial charge is 0.494 e. The van der Waals surface area contributed by atoms with Crippen LogP contribution in [-0.2, 0) is 4.79 Å². The molecule has 6 heteroatoms. The van der Waals surface area contributed by atoms with Crippen molar-refractivity contribution in [3.63, 3.8) is 0 Å². The average molecular weight is 308 g/mol. The topological polar surface area (TPSA) is 58.6 Å². The fraction of sp³-hybridized carbons (Fsp3) is 0.500. The predicted octanol–water partition coefficient (Wildman–Crippen LogP) is 1.62. The Hall–Kier alpha value is -1.95. The molecule has 0 bridgehead atoms. The number of benzene rings is 1. The molecule has 0 saturated carbocycles. The zero-order valence-electron chi connectivity index (χ0n) is 12.9. The molecule has 1 heterocycles. The molecule has 1 aromatic carbocycles. The van der Waals surface area contributed by atoms with Crippen molar-refractivity contribution in [2.45, 2.75) is 25.8 Å². The third-order valence-electron chi connectivity index (χ3n) is 3.76. The van der Waals surface area contributed by atoms with Gasteiger partial charge in [0, 0.05) is 44.1 Å². The van der Waals surface area contributed by atoms with Crippen LogP contribution < -0.4 is 10.1 Å². The van der Waals surface area contributed by atoms with E-state index < -0.39 is 5.82 Å². The molecule has 1 N–H and O–H groups in total. The number of methoxy groups -OCH3 is 1. The number of Topliss-reactive ketones (excluding diaryl/α,β-unsaturated/α-hetero) is 1. The molecule has 0 radical (unpaired) electrons. The van der Waals surface area contributed by atoms with Crippen LogP contribution in [0, 0.1) is 5.82 Å². The number of nitrogens with one attached hydrogen (secondary N) is 1. The SMILES string of the molecule is COc1ccc(C(=O)CCC(=O)N2CCNC(C)C2)cc1F. The number of hydrogen-bond donors (Lipinski definition) is 1. The van der Waals surface area contributed by atoms with E-state index in [1.807, 2.05) is 6.92 Å². The van der Waals surface area contributed by atoms with Gasteiger partial charge in [-0.1, -0.05) is 0 Å². The van der Waals surface area contributed by atoms with Gasteiger partial charge in [0.1, 0.15) is 0 Å². The second-order valence-electron chi connectivity index (χ2n) is 5.47. The number of hydrogen-bond acceptors (Lipinski definition) is 4. The molecule has 1 aromatic rings. The number of halogens is 1. The third-order valence-corrected chi connectivity index (χ3v) is 3.76. The molecule has 0 aliphatic carbocycles. The Labute approximate surface area is 129 Å². The highest BCUT2D eigenvalue weighted by Gasteiger charge is 2.21. The number of carbonyl (C=O) groups is 2. The summed E-state index contributed by atoms with van der Waals surface area (Å²) in [6.45, 7) is 4.11. The first-order valence-electron chi connectivity index (χ1n) is 7.39. The fourth-order valence-electron chi connectivity index (χ4n) is 2.52.